The van der Waals surface area contributed by atoms with E-state index < -0.39 is 15.5 Å². The quantitative estimate of drug-likeness (QED) is 0.728. The molecule has 1 fully saturated rings. The molecule has 0 saturated heterocycles. The van der Waals surface area contributed by atoms with Gasteiger partial charge in [-0.2, -0.15) is 21.6 Å². The minimum Gasteiger partial charge on any atom is -0.261 e. The smallest absolute Gasteiger partial charge is 0.261 e. The molecule has 0 heterocycles. The Balaban J connectivity index is 2.50. The number of sulfonamides is 1. The van der Waals surface area contributed by atoms with E-state index in [0.717, 1.165) is 12.8 Å². The summed E-state index contributed by atoms with van der Waals surface area (Å²) in [6, 6.07) is 6.06. The molecule has 0 spiro atoms. The number of halogens is 4. The van der Waals surface area contributed by atoms with E-state index in [9.17, 15) is 21.6 Å². The summed E-state index contributed by atoms with van der Waals surface area (Å²) >= 11 is 3.15. The Morgan fingerprint density at radius 2 is 1.82 bits per heavy atom. The molecule has 0 bridgehead atoms. The molecule has 0 aromatic heterocycles. The third-order valence-corrected chi connectivity index (χ3v) is 6.44. The molecule has 1 aromatic carbocycles. The first-order chi connectivity index (χ1) is 10.0. The summed E-state index contributed by atoms with van der Waals surface area (Å²) in [4.78, 5) is 0. The van der Waals surface area contributed by atoms with Crippen LogP contribution < -0.4 is 4.31 Å². The highest BCUT2D eigenvalue weighted by Gasteiger charge is 2.55. The Hall–Kier alpha value is -0.760. The van der Waals surface area contributed by atoms with Gasteiger partial charge in [0.15, 0.2) is 0 Å². The van der Waals surface area contributed by atoms with E-state index in [4.69, 9.17) is 0 Å². The van der Waals surface area contributed by atoms with E-state index in [1.807, 2.05) is 13.8 Å². The summed E-state index contributed by atoms with van der Waals surface area (Å²) in [6.07, 6.45) is 1.47. The van der Waals surface area contributed by atoms with Gasteiger partial charge in [-0.1, -0.05) is 26.0 Å². The van der Waals surface area contributed by atoms with Gasteiger partial charge in [0, 0.05) is 11.0 Å². The van der Waals surface area contributed by atoms with Crippen LogP contribution >= 0.6 is 15.9 Å². The zero-order chi connectivity index (χ0) is 16.8. The van der Waals surface area contributed by atoms with Crippen LogP contribution in [0, 0.1) is 11.3 Å². The molecule has 0 aliphatic heterocycles. The average Bonchev–Trinajstić information content (AvgIpc) is 3.16. The Morgan fingerprint density at radius 3 is 2.23 bits per heavy atom. The lowest BCUT2D eigenvalue weighted by molar-refractivity contribution is -0.0439. The van der Waals surface area contributed by atoms with Crippen LogP contribution in [0.3, 0.4) is 0 Å². The SMILES string of the molecule is CC(C)C1(CN(c2ccccc2Br)S(=O)(=O)C(F)(F)F)CC1. The molecule has 0 unspecified atom stereocenters. The standard InChI is InChI=1S/C14H17BrF3NO2S/c1-10(2)13(7-8-13)9-19(22(20,21)14(16,17)18)12-6-4-3-5-11(12)15/h3-6,10H,7-9H2,1-2H3. The monoisotopic (exact) mass is 399 g/mol. The van der Waals surface area contributed by atoms with Crippen molar-refractivity contribution in [3.8, 4) is 0 Å². The number of para-hydroxylation sites is 1. The molecule has 1 aromatic rings. The van der Waals surface area contributed by atoms with Crippen molar-refractivity contribution in [1.29, 1.82) is 0 Å². The fraction of sp³-hybridized carbons (Fsp3) is 0.571. The first-order valence-corrected chi connectivity index (χ1v) is 9.08. The number of rotatable bonds is 5. The van der Waals surface area contributed by atoms with E-state index in [2.05, 4.69) is 15.9 Å². The van der Waals surface area contributed by atoms with Crippen molar-refractivity contribution in [2.24, 2.45) is 11.3 Å². The predicted octanol–water partition coefficient (Wildman–Crippen LogP) is 4.54. The summed E-state index contributed by atoms with van der Waals surface area (Å²) in [5.41, 5.74) is -5.69. The highest BCUT2D eigenvalue weighted by atomic mass is 79.9. The maximum Gasteiger partial charge on any atom is 0.516 e. The normalized spacial score (nSPS) is 17.6. The second-order valence-corrected chi connectivity index (χ2v) is 8.63. The molecule has 0 atom stereocenters. The Kier molecular flexibility index (Phi) is 4.56. The molecule has 22 heavy (non-hydrogen) atoms. The molecule has 1 aliphatic carbocycles. The molecule has 0 radical (unpaired) electrons. The largest absolute Gasteiger partial charge is 0.516 e. The maximum atomic E-state index is 13.1. The lowest BCUT2D eigenvalue weighted by Gasteiger charge is -2.31. The molecule has 124 valence electrons. The zero-order valence-electron chi connectivity index (χ0n) is 12.2. The van der Waals surface area contributed by atoms with Crippen LogP contribution in [0.2, 0.25) is 0 Å². The number of nitrogens with zero attached hydrogens (tertiary/aromatic N) is 1. The molecule has 0 amide bonds. The molecule has 3 nitrogen and oxygen atoms in total. The predicted molar refractivity (Wildman–Crippen MR) is 83.0 cm³/mol. The van der Waals surface area contributed by atoms with E-state index in [1.165, 1.54) is 18.2 Å². The van der Waals surface area contributed by atoms with Crippen molar-refractivity contribution < 1.29 is 21.6 Å². The van der Waals surface area contributed by atoms with Crippen molar-refractivity contribution in [2.45, 2.75) is 32.2 Å². The zero-order valence-corrected chi connectivity index (χ0v) is 14.6. The van der Waals surface area contributed by atoms with Crippen LogP contribution in [0.5, 0.6) is 0 Å². The van der Waals surface area contributed by atoms with E-state index in [0.29, 0.717) is 8.78 Å². The first kappa shape index (κ1) is 17.6. The van der Waals surface area contributed by atoms with Crippen molar-refractivity contribution in [3.63, 3.8) is 0 Å². The Morgan fingerprint density at radius 1 is 1.27 bits per heavy atom. The maximum absolute atomic E-state index is 13.1. The van der Waals surface area contributed by atoms with Gasteiger partial charge < -0.3 is 0 Å². The van der Waals surface area contributed by atoms with Crippen molar-refractivity contribution >= 4 is 31.6 Å². The number of benzene rings is 1. The van der Waals surface area contributed by atoms with Gasteiger partial charge in [0.25, 0.3) is 0 Å². The lowest BCUT2D eigenvalue weighted by atomic mass is 9.92. The van der Waals surface area contributed by atoms with Gasteiger partial charge in [-0.25, -0.2) is 0 Å². The number of anilines is 1. The fourth-order valence-corrected chi connectivity index (χ4v) is 4.15. The minimum absolute atomic E-state index is 0.0201. The molecule has 1 saturated carbocycles. The van der Waals surface area contributed by atoms with Crippen LogP contribution in [-0.2, 0) is 10.0 Å². The number of hydrogen-bond acceptors (Lipinski definition) is 2. The molecule has 2 rings (SSSR count). The van der Waals surface area contributed by atoms with Crippen molar-refractivity contribution in [1.82, 2.24) is 0 Å². The number of alkyl halides is 3. The van der Waals surface area contributed by atoms with Crippen LogP contribution in [-0.4, -0.2) is 20.5 Å². The van der Waals surface area contributed by atoms with Gasteiger partial charge in [-0.3, -0.25) is 4.31 Å². The second-order valence-electron chi connectivity index (χ2n) is 5.93. The highest BCUT2D eigenvalue weighted by molar-refractivity contribution is 9.10. The molecule has 0 N–H and O–H groups in total. The van der Waals surface area contributed by atoms with Crippen molar-refractivity contribution in [3.05, 3.63) is 28.7 Å². The first-order valence-electron chi connectivity index (χ1n) is 6.85. The fourth-order valence-electron chi connectivity index (χ4n) is 2.44. The van der Waals surface area contributed by atoms with Crippen LogP contribution in [0.4, 0.5) is 18.9 Å². The topological polar surface area (TPSA) is 37.4 Å². The summed E-state index contributed by atoms with van der Waals surface area (Å²) in [6.45, 7) is 3.66. The van der Waals surface area contributed by atoms with E-state index in [1.54, 1.807) is 6.07 Å². The van der Waals surface area contributed by atoms with E-state index in [-0.39, 0.29) is 23.6 Å². The van der Waals surface area contributed by atoms with E-state index >= 15 is 0 Å². The Bertz CT molecular complexity index is 654. The van der Waals surface area contributed by atoms with Crippen LogP contribution in [0.25, 0.3) is 0 Å². The van der Waals surface area contributed by atoms with Gasteiger partial charge in [-0.05, 0) is 52.2 Å². The van der Waals surface area contributed by atoms with Gasteiger partial charge in [0.1, 0.15) is 0 Å². The molecular weight excluding hydrogens is 383 g/mol. The summed E-state index contributed by atoms with van der Waals surface area (Å²) in [5, 5.41) is 0. The summed E-state index contributed by atoms with van der Waals surface area (Å²) < 4.78 is 64.0. The van der Waals surface area contributed by atoms with Gasteiger partial charge in [-0.15, -0.1) is 0 Å². The highest BCUT2D eigenvalue weighted by Crippen LogP contribution is 2.54. The van der Waals surface area contributed by atoms with Crippen LogP contribution in [0.1, 0.15) is 26.7 Å². The van der Waals surface area contributed by atoms with Gasteiger partial charge >= 0.3 is 15.5 Å². The summed E-state index contributed by atoms with van der Waals surface area (Å²) in [7, 11) is -5.44. The second kappa shape index (κ2) is 5.70. The molecule has 1 aliphatic rings. The average molecular weight is 400 g/mol. The molecular formula is C14H17BrF3NO2S. The van der Waals surface area contributed by atoms with Gasteiger partial charge in [0.05, 0.1) is 5.69 Å². The molecule has 8 heteroatoms. The number of hydrogen-bond donors (Lipinski definition) is 0. The van der Waals surface area contributed by atoms with Crippen LogP contribution in [0.15, 0.2) is 28.7 Å². The third-order valence-electron chi connectivity index (χ3n) is 4.28. The summed E-state index contributed by atoms with van der Waals surface area (Å²) in [5.74, 6) is 0.112. The lowest BCUT2D eigenvalue weighted by Crippen LogP contribution is -2.44. The third kappa shape index (κ3) is 3.13. The Labute approximate surface area is 136 Å². The van der Waals surface area contributed by atoms with Gasteiger partial charge in [0.2, 0.25) is 0 Å². The van der Waals surface area contributed by atoms with Crippen molar-refractivity contribution in [2.75, 3.05) is 10.8 Å². The minimum atomic E-state index is -5.44.